The first-order chi connectivity index (χ1) is 24.8. The van der Waals surface area contributed by atoms with E-state index in [1.54, 1.807) is 0 Å². The molecule has 0 aliphatic heterocycles. The predicted octanol–water partition coefficient (Wildman–Crippen LogP) is -5.05. The normalized spacial score (nSPS) is 13.5. The Morgan fingerprint density at radius 2 is 1.30 bits per heavy atom. The van der Waals surface area contributed by atoms with Crippen LogP contribution in [-0.4, -0.2) is 113 Å². The minimum absolute atomic E-state index is 0.00556. The van der Waals surface area contributed by atoms with E-state index in [-0.39, 0.29) is 49.9 Å². The first-order valence-electron chi connectivity index (χ1n) is 16.6. The van der Waals surface area contributed by atoms with Crippen molar-refractivity contribution in [2.24, 2.45) is 33.8 Å². The van der Waals surface area contributed by atoms with Crippen LogP contribution in [0.5, 0.6) is 5.75 Å². The molecule has 0 bridgehead atoms. The maximum absolute atomic E-state index is 13.7. The first-order valence-corrected chi connectivity index (χ1v) is 16.6. The molecule has 1 aromatic carbocycles. The molecule has 53 heavy (non-hydrogen) atoms. The maximum Gasteiger partial charge on any atom is 0.245 e. The number of aliphatic hydroxyl groups is 1. The number of nitrogens with two attached hydrogens (primary N) is 4. The van der Waals surface area contributed by atoms with Gasteiger partial charge in [-0.25, -0.2) is 0 Å². The van der Waals surface area contributed by atoms with Gasteiger partial charge in [0.1, 0.15) is 36.0 Å². The number of hydrogen-bond donors (Lipinski definition) is 12. The zero-order valence-electron chi connectivity index (χ0n) is 29.8. The summed E-state index contributed by atoms with van der Waals surface area (Å²) in [6.45, 7) is 3.30. The van der Waals surface area contributed by atoms with Gasteiger partial charge in [-0.05, 0) is 42.9 Å². The van der Waals surface area contributed by atoms with Crippen molar-refractivity contribution in [3.05, 3.63) is 29.8 Å². The summed E-state index contributed by atoms with van der Waals surface area (Å²) in [4.78, 5) is 105. The molecule has 16 N–H and O–H groups in total. The van der Waals surface area contributed by atoms with E-state index in [0.717, 1.165) is 6.92 Å². The van der Waals surface area contributed by atoms with E-state index in [2.05, 4.69) is 36.9 Å². The van der Waals surface area contributed by atoms with Crippen LogP contribution in [-0.2, 0) is 44.8 Å². The van der Waals surface area contributed by atoms with E-state index in [0.29, 0.717) is 5.56 Å². The number of amides is 8. The average molecular weight is 750 g/mol. The fourth-order valence-corrected chi connectivity index (χ4v) is 4.77. The second-order valence-electron chi connectivity index (χ2n) is 12.5. The molecule has 294 valence electrons. The van der Waals surface area contributed by atoms with Gasteiger partial charge >= 0.3 is 0 Å². The van der Waals surface area contributed by atoms with Crippen LogP contribution < -0.4 is 54.8 Å². The Morgan fingerprint density at radius 3 is 1.83 bits per heavy atom. The molecule has 0 saturated carbocycles. The van der Waals surface area contributed by atoms with Gasteiger partial charge in [-0.2, -0.15) is 0 Å². The molecule has 0 aliphatic carbocycles. The fraction of sp³-hybridized carbons (Fsp3) is 0.531. The van der Waals surface area contributed by atoms with Crippen molar-refractivity contribution < 1.29 is 48.6 Å². The van der Waals surface area contributed by atoms with E-state index < -0.39 is 97.0 Å². The highest BCUT2D eigenvalue weighted by molar-refractivity contribution is 5.97. The molecule has 0 radical (unpaired) electrons. The fourth-order valence-electron chi connectivity index (χ4n) is 4.77. The summed E-state index contributed by atoms with van der Waals surface area (Å²) in [6, 6.07) is -1.26. The number of phenolic OH excluding ortho intramolecular Hbond substituents is 1. The van der Waals surface area contributed by atoms with E-state index in [1.165, 1.54) is 24.3 Å². The van der Waals surface area contributed by atoms with E-state index in [4.69, 9.17) is 22.9 Å². The summed E-state index contributed by atoms with van der Waals surface area (Å²) >= 11 is 0. The lowest BCUT2D eigenvalue weighted by atomic mass is 10.0. The molecule has 0 aliphatic rings. The second kappa shape index (κ2) is 22.7. The predicted molar refractivity (Wildman–Crippen MR) is 190 cm³/mol. The molecule has 0 spiro atoms. The molecule has 0 heterocycles. The lowest BCUT2D eigenvalue weighted by Crippen LogP contribution is -2.59. The van der Waals surface area contributed by atoms with Gasteiger partial charge in [-0.15, -0.1) is 0 Å². The molecule has 0 saturated heterocycles. The van der Waals surface area contributed by atoms with Crippen LogP contribution in [0.2, 0.25) is 0 Å². The number of phenols is 1. The SMILES string of the molecule is CC(=O)N[C@@H](CO)C(=O)N[C@@H](Cc1ccc(O)cc1)C(=O)N[C@@H](CCCN=C(N)N)C(=O)N[C@@H](CC(N)=O)C(=O)NCC(=O)N[C@@H](CC(C)C)C(N)=O. The summed E-state index contributed by atoms with van der Waals surface area (Å²) < 4.78 is 0. The van der Waals surface area contributed by atoms with Gasteiger partial charge in [0.25, 0.3) is 0 Å². The van der Waals surface area contributed by atoms with Gasteiger partial charge in [-0.1, -0.05) is 26.0 Å². The van der Waals surface area contributed by atoms with Crippen LogP contribution in [0.4, 0.5) is 0 Å². The number of benzene rings is 1. The van der Waals surface area contributed by atoms with Crippen LogP contribution in [0, 0.1) is 5.92 Å². The molecule has 5 atom stereocenters. The highest BCUT2D eigenvalue weighted by Crippen LogP contribution is 2.12. The van der Waals surface area contributed by atoms with Gasteiger partial charge in [0.05, 0.1) is 19.6 Å². The van der Waals surface area contributed by atoms with Crippen molar-refractivity contribution in [3.63, 3.8) is 0 Å². The van der Waals surface area contributed by atoms with Crippen molar-refractivity contribution in [2.75, 3.05) is 19.7 Å². The number of carbonyl (C=O) groups is 8. The highest BCUT2D eigenvalue weighted by Gasteiger charge is 2.32. The number of rotatable bonds is 23. The minimum atomic E-state index is -1.62. The van der Waals surface area contributed by atoms with Crippen LogP contribution >= 0.6 is 0 Å². The molecular weight excluding hydrogens is 698 g/mol. The number of nitrogens with one attached hydrogen (secondary N) is 6. The Kier molecular flexibility index (Phi) is 19.3. The number of aromatic hydroxyl groups is 1. The molecule has 21 nitrogen and oxygen atoms in total. The lowest BCUT2D eigenvalue weighted by Gasteiger charge is -2.26. The van der Waals surface area contributed by atoms with E-state index in [9.17, 15) is 48.6 Å². The number of guanidine groups is 1. The van der Waals surface area contributed by atoms with Crippen LogP contribution in [0.1, 0.15) is 52.0 Å². The maximum atomic E-state index is 13.7. The third kappa shape index (κ3) is 18.2. The zero-order chi connectivity index (χ0) is 40.2. The monoisotopic (exact) mass is 749 g/mol. The Bertz CT molecular complexity index is 1480. The summed E-state index contributed by atoms with van der Waals surface area (Å²) in [5.41, 5.74) is 21.9. The number of carbonyl (C=O) groups excluding carboxylic acids is 8. The van der Waals surface area contributed by atoms with Crippen molar-refractivity contribution in [2.45, 2.75) is 83.1 Å². The number of hydrogen-bond acceptors (Lipinski definition) is 11. The Hall–Kier alpha value is -5.99. The van der Waals surface area contributed by atoms with Gasteiger partial charge < -0.3 is 65.0 Å². The van der Waals surface area contributed by atoms with E-state index in [1.807, 2.05) is 13.8 Å². The second-order valence-corrected chi connectivity index (χ2v) is 12.5. The molecule has 1 aromatic rings. The number of nitrogens with zero attached hydrogens (tertiary/aromatic N) is 1. The quantitative estimate of drug-likeness (QED) is 0.0284. The number of aliphatic imine (C=N–C) groups is 1. The minimum Gasteiger partial charge on any atom is -0.508 e. The third-order valence-corrected chi connectivity index (χ3v) is 7.31. The van der Waals surface area contributed by atoms with Crippen LogP contribution in [0.25, 0.3) is 0 Å². The highest BCUT2D eigenvalue weighted by atomic mass is 16.3. The Labute approximate surface area is 305 Å². The standard InChI is InChI=1S/C32H51N11O10/c1-16(2)11-21(27(34)49)40-26(48)14-38-28(50)23(13-25(33)47)43-29(51)20(5-4-10-37-32(35)36)41-30(52)22(12-18-6-8-19(46)9-7-18)42-31(53)24(15-44)39-17(3)45/h6-9,16,20-24,44,46H,4-5,10-15H2,1-3H3,(H2,33,47)(H2,34,49)(H,38,50)(H,39,45)(H,40,48)(H,41,52)(H,42,53)(H,43,51)(H4,35,36,37)/t20-,21-,22-,23-,24-/m0/s1. The molecule has 0 unspecified atom stereocenters. The molecule has 0 fully saturated rings. The zero-order valence-corrected chi connectivity index (χ0v) is 29.8. The van der Waals surface area contributed by atoms with Crippen LogP contribution in [0.3, 0.4) is 0 Å². The van der Waals surface area contributed by atoms with Crippen LogP contribution in [0.15, 0.2) is 29.3 Å². The number of aliphatic hydroxyl groups excluding tert-OH is 1. The van der Waals surface area contributed by atoms with E-state index >= 15 is 0 Å². The van der Waals surface area contributed by atoms with Gasteiger partial charge in [-0.3, -0.25) is 43.3 Å². The summed E-state index contributed by atoms with van der Waals surface area (Å²) in [6.07, 6.45) is -0.665. The van der Waals surface area contributed by atoms with Gasteiger partial charge in [0.15, 0.2) is 5.96 Å². The smallest absolute Gasteiger partial charge is 0.245 e. The summed E-state index contributed by atoms with van der Waals surface area (Å²) in [5, 5.41) is 33.5. The molecular formula is C32H51N11O10. The largest absolute Gasteiger partial charge is 0.508 e. The third-order valence-electron chi connectivity index (χ3n) is 7.31. The van der Waals surface area contributed by atoms with Gasteiger partial charge in [0, 0.05) is 19.9 Å². The molecule has 8 amide bonds. The Morgan fingerprint density at radius 1 is 0.736 bits per heavy atom. The van der Waals surface area contributed by atoms with Gasteiger partial charge in [0.2, 0.25) is 47.3 Å². The first kappa shape index (κ1) is 45.0. The summed E-state index contributed by atoms with van der Waals surface area (Å²) in [7, 11) is 0. The molecule has 0 aromatic heterocycles. The Balaban J connectivity index is 3.29. The van der Waals surface area contributed by atoms with Crippen molar-refractivity contribution in [1.82, 2.24) is 31.9 Å². The van der Waals surface area contributed by atoms with Crippen molar-refractivity contribution in [3.8, 4) is 5.75 Å². The lowest BCUT2D eigenvalue weighted by molar-refractivity contribution is -0.135. The average Bonchev–Trinajstić information content (AvgIpc) is 3.06. The van der Waals surface area contributed by atoms with Crippen molar-refractivity contribution in [1.29, 1.82) is 0 Å². The summed E-state index contributed by atoms with van der Waals surface area (Å²) in [5.74, 6) is -7.30. The number of primary amides is 2. The topological polar surface area (TPSA) is 366 Å². The molecule has 21 heteroatoms. The molecule has 1 rings (SSSR count). The van der Waals surface area contributed by atoms with Crippen molar-refractivity contribution >= 4 is 53.2 Å².